The highest BCUT2D eigenvalue weighted by molar-refractivity contribution is 6.19. The Morgan fingerprint density at radius 1 is 1.12 bits per heavy atom. The number of nitrogens with one attached hydrogen (secondary N) is 2. The molecule has 0 aromatic carbocycles. The summed E-state index contributed by atoms with van der Waals surface area (Å²) in [5.41, 5.74) is -0.303. The number of imide groups is 1. The molecule has 0 rings (SSSR count). The summed E-state index contributed by atoms with van der Waals surface area (Å²) in [6.45, 7) is 3.47. The molecule has 0 unspecified atom stereocenters. The van der Waals surface area contributed by atoms with Gasteiger partial charge >= 0.3 is 12.1 Å². The molecular formula is C10H16N2O5. The minimum atomic E-state index is -0.913. The van der Waals surface area contributed by atoms with Crippen molar-refractivity contribution in [2.45, 2.75) is 13.8 Å². The van der Waals surface area contributed by atoms with Crippen LogP contribution in [0.4, 0.5) is 4.79 Å². The largest absolute Gasteiger partial charge is 0.462 e. The van der Waals surface area contributed by atoms with Crippen LogP contribution in [0.1, 0.15) is 13.8 Å². The summed E-state index contributed by atoms with van der Waals surface area (Å²) in [5.74, 6) is -1.69. The van der Waals surface area contributed by atoms with Crippen molar-refractivity contribution >= 4 is 18.0 Å². The molecule has 0 aromatic heterocycles. The van der Waals surface area contributed by atoms with Gasteiger partial charge in [0.15, 0.2) is 0 Å². The van der Waals surface area contributed by atoms with Crippen LogP contribution in [0, 0.1) is 0 Å². The molecule has 0 aromatic rings. The van der Waals surface area contributed by atoms with Gasteiger partial charge in [-0.2, -0.15) is 0 Å². The topological polar surface area (TPSA) is 93.7 Å². The Morgan fingerprint density at radius 3 is 2.18 bits per heavy atom. The minimum Gasteiger partial charge on any atom is -0.462 e. The van der Waals surface area contributed by atoms with E-state index in [-0.39, 0.29) is 18.8 Å². The van der Waals surface area contributed by atoms with E-state index < -0.39 is 18.0 Å². The summed E-state index contributed by atoms with van der Waals surface area (Å²) >= 11 is 0. The number of carbonyl (C=O) groups excluding carboxylic acids is 3. The Hall–Kier alpha value is -2.05. The lowest BCUT2D eigenvalue weighted by atomic mass is 10.2. The average molecular weight is 244 g/mol. The molecule has 0 aliphatic heterocycles. The first-order chi connectivity index (χ1) is 8.06. The van der Waals surface area contributed by atoms with Crippen LogP contribution in [0.5, 0.6) is 0 Å². The van der Waals surface area contributed by atoms with Gasteiger partial charge in [-0.1, -0.05) is 0 Å². The Labute approximate surface area is 99.1 Å². The van der Waals surface area contributed by atoms with Crippen molar-refractivity contribution in [1.29, 1.82) is 0 Å². The van der Waals surface area contributed by atoms with Crippen LogP contribution in [0.25, 0.3) is 0 Å². The van der Waals surface area contributed by atoms with Gasteiger partial charge in [0.05, 0.1) is 13.2 Å². The third-order valence-electron chi connectivity index (χ3n) is 1.52. The van der Waals surface area contributed by atoms with E-state index in [4.69, 9.17) is 0 Å². The van der Waals surface area contributed by atoms with Crippen LogP contribution in [-0.2, 0) is 19.1 Å². The van der Waals surface area contributed by atoms with Gasteiger partial charge in [-0.15, -0.1) is 0 Å². The fraction of sp³-hybridized carbons (Fsp3) is 0.500. The number of amides is 2. The molecular weight excluding hydrogens is 228 g/mol. The van der Waals surface area contributed by atoms with Crippen LogP contribution in [-0.4, -0.2) is 38.2 Å². The van der Waals surface area contributed by atoms with Crippen molar-refractivity contribution in [2.75, 3.05) is 20.3 Å². The first-order valence-electron chi connectivity index (χ1n) is 5.09. The standard InChI is InChI=1S/C10H16N2O5/c1-4-16-9(14)7(6-11-3)8(13)12-10(15)17-5-2/h6,11H,4-5H2,1-3H3,(H,12,13,15). The number of hydrogen-bond acceptors (Lipinski definition) is 6. The molecule has 0 aliphatic carbocycles. The molecule has 7 heteroatoms. The summed E-state index contributed by atoms with van der Waals surface area (Å²) in [5, 5.41) is 4.41. The lowest BCUT2D eigenvalue weighted by molar-refractivity contribution is -0.140. The Balaban J connectivity index is 4.62. The Bertz CT molecular complexity index is 325. The van der Waals surface area contributed by atoms with E-state index in [1.165, 1.54) is 7.05 Å². The molecule has 0 saturated carbocycles. The fourth-order valence-corrected chi connectivity index (χ4v) is 0.898. The van der Waals surface area contributed by atoms with E-state index in [2.05, 4.69) is 14.8 Å². The second kappa shape index (κ2) is 8.14. The first kappa shape index (κ1) is 14.9. The molecule has 0 saturated heterocycles. The van der Waals surface area contributed by atoms with Gasteiger partial charge in [0.25, 0.3) is 5.91 Å². The van der Waals surface area contributed by atoms with E-state index in [9.17, 15) is 14.4 Å². The van der Waals surface area contributed by atoms with Crippen LogP contribution < -0.4 is 10.6 Å². The van der Waals surface area contributed by atoms with Crippen molar-refractivity contribution in [3.05, 3.63) is 11.8 Å². The highest BCUT2D eigenvalue weighted by Gasteiger charge is 2.21. The third kappa shape index (κ3) is 5.55. The predicted molar refractivity (Wildman–Crippen MR) is 58.9 cm³/mol. The van der Waals surface area contributed by atoms with Crippen molar-refractivity contribution in [1.82, 2.24) is 10.6 Å². The number of alkyl carbamates (subject to hydrolysis) is 1. The predicted octanol–water partition coefficient (Wildman–Crippen LogP) is -0.0745. The van der Waals surface area contributed by atoms with E-state index >= 15 is 0 Å². The summed E-state index contributed by atoms with van der Waals surface area (Å²) in [6.07, 6.45) is 0.232. The number of esters is 1. The maximum Gasteiger partial charge on any atom is 0.414 e. The van der Waals surface area contributed by atoms with Crippen LogP contribution >= 0.6 is 0 Å². The highest BCUT2D eigenvalue weighted by atomic mass is 16.5. The van der Waals surface area contributed by atoms with Gasteiger partial charge in [-0.3, -0.25) is 10.1 Å². The van der Waals surface area contributed by atoms with Crippen molar-refractivity contribution in [2.24, 2.45) is 0 Å². The van der Waals surface area contributed by atoms with Crippen LogP contribution in [0.15, 0.2) is 11.8 Å². The van der Waals surface area contributed by atoms with Gasteiger partial charge in [-0.05, 0) is 13.8 Å². The van der Waals surface area contributed by atoms with Crippen LogP contribution in [0.2, 0.25) is 0 Å². The molecule has 7 nitrogen and oxygen atoms in total. The zero-order valence-corrected chi connectivity index (χ0v) is 10.0. The summed E-state index contributed by atoms with van der Waals surface area (Å²) in [7, 11) is 1.51. The van der Waals surface area contributed by atoms with E-state index in [1.54, 1.807) is 13.8 Å². The smallest absolute Gasteiger partial charge is 0.414 e. The maximum atomic E-state index is 11.5. The Kier molecular flexibility index (Phi) is 7.16. The normalized spacial score (nSPS) is 10.4. The SMILES string of the molecule is CCOC(=O)NC(=O)C(=CNC)C(=O)OCC. The minimum absolute atomic E-state index is 0.129. The molecule has 0 bridgehead atoms. The molecule has 0 atom stereocenters. The molecule has 2 N–H and O–H groups in total. The second-order valence-corrected chi connectivity index (χ2v) is 2.74. The second-order valence-electron chi connectivity index (χ2n) is 2.74. The van der Waals surface area contributed by atoms with Gasteiger partial charge in [-0.25, -0.2) is 9.59 Å². The van der Waals surface area contributed by atoms with Gasteiger partial charge < -0.3 is 14.8 Å². The molecule has 2 amide bonds. The van der Waals surface area contributed by atoms with E-state index in [0.717, 1.165) is 6.20 Å². The summed E-state index contributed by atoms with van der Waals surface area (Å²) in [4.78, 5) is 33.9. The van der Waals surface area contributed by atoms with Crippen molar-refractivity contribution < 1.29 is 23.9 Å². The van der Waals surface area contributed by atoms with Crippen LogP contribution in [0.3, 0.4) is 0 Å². The summed E-state index contributed by atoms with van der Waals surface area (Å²) in [6, 6.07) is 0. The lowest BCUT2D eigenvalue weighted by Crippen LogP contribution is -2.35. The average Bonchev–Trinajstić information content (AvgIpc) is 2.26. The molecule has 0 radical (unpaired) electrons. The highest BCUT2D eigenvalue weighted by Crippen LogP contribution is 1.98. The zero-order chi connectivity index (χ0) is 13.3. The fourth-order valence-electron chi connectivity index (χ4n) is 0.898. The van der Waals surface area contributed by atoms with Crippen molar-refractivity contribution in [3.8, 4) is 0 Å². The first-order valence-corrected chi connectivity index (χ1v) is 5.09. The quantitative estimate of drug-likeness (QED) is 0.304. The van der Waals surface area contributed by atoms with Gasteiger partial charge in [0, 0.05) is 13.2 Å². The molecule has 0 heterocycles. The van der Waals surface area contributed by atoms with E-state index in [0.29, 0.717) is 0 Å². The third-order valence-corrected chi connectivity index (χ3v) is 1.52. The molecule has 0 fully saturated rings. The monoisotopic (exact) mass is 244 g/mol. The number of ether oxygens (including phenoxy) is 2. The van der Waals surface area contributed by atoms with Gasteiger partial charge in [0.1, 0.15) is 5.57 Å². The molecule has 17 heavy (non-hydrogen) atoms. The molecule has 96 valence electrons. The summed E-state index contributed by atoms with van der Waals surface area (Å²) < 4.78 is 9.17. The molecule has 0 aliphatic rings. The number of rotatable bonds is 5. The lowest BCUT2D eigenvalue weighted by Gasteiger charge is -2.07. The van der Waals surface area contributed by atoms with Crippen molar-refractivity contribution in [3.63, 3.8) is 0 Å². The van der Waals surface area contributed by atoms with Gasteiger partial charge in [0.2, 0.25) is 0 Å². The zero-order valence-electron chi connectivity index (χ0n) is 10.0. The number of carbonyl (C=O) groups is 3. The maximum absolute atomic E-state index is 11.5. The van der Waals surface area contributed by atoms with E-state index in [1.807, 2.05) is 5.32 Å². The Morgan fingerprint density at radius 2 is 1.71 bits per heavy atom. The molecule has 0 spiro atoms. The number of hydrogen-bond donors (Lipinski definition) is 2.